The van der Waals surface area contributed by atoms with Crippen LogP contribution in [0.5, 0.6) is 0 Å². The molecule has 0 aliphatic heterocycles. The number of fused-ring (bicyclic) bond motifs is 2. The highest BCUT2D eigenvalue weighted by molar-refractivity contribution is 5.81. The van der Waals surface area contributed by atoms with E-state index in [4.69, 9.17) is 4.74 Å². The molecule has 1 unspecified atom stereocenters. The summed E-state index contributed by atoms with van der Waals surface area (Å²) in [6.07, 6.45) is 4.23. The predicted molar refractivity (Wildman–Crippen MR) is 69.8 cm³/mol. The van der Waals surface area contributed by atoms with E-state index in [1.54, 1.807) is 20.8 Å². The van der Waals surface area contributed by atoms with Crippen molar-refractivity contribution in [1.29, 1.82) is 0 Å². The van der Waals surface area contributed by atoms with Gasteiger partial charge in [0.2, 0.25) is 0 Å². The zero-order chi connectivity index (χ0) is 14.3. The van der Waals surface area contributed by atoms with E-state index >= 15 is 0 Å². The number of carbonyl (C=O) groups is 2. The summed E-state index contributed by atoms with van der Waals surface area (Å²) in [5.74, 6) is -0.310. The molecule has 1 amide bonds. The molecule has 1 atom stereocenters. The van der Waals surface area contributed by atoms with Crippen LogP contribution < -0.4 is 5.32 Å². The van der Waals surface area contributed by atoms with Gasteiger partial charge < -0.3 is 15.2 Å². The Morgan fingerprint density at radius 1 is 1.32 bits per heavy atom. The first-order chi connectivity index (χ1) is 8.72. The summed E-state index contributed by atoms with van der Waals surface area (Å²) in [7, 11) is 0. The van der Waals surface area contributed by atoms with Crippen molar-refractivity contribution in [2.75, 3.05) is 0 Å². The van der Waals surface area contributed by atoms with Gasteiger partial charge in [-0.15, -0.1) is 0 Å². The largest absolute Gasteiger partial charge is 0.480 e. The molecule has 0 saturated heterocycles. The molecule has 2 fully saturated rings. The smallest absolute Gasteiger partial charge is 0.408 e. The number of alkyl carbamates (subject to hydrolysis) is 1. The lowest BCUT2D eigenvalue weighted by atomic mass is 9.77. The third kappa shape index (κ3) is 3.01. The summed E-state index contributed by atoms with van der Waals surface area (Å²) in [6, 6.07) is -0.824. The molecule has 5 heteroatoms. The standard InChI is InChI=1S/C14H23NO4/c1-13(2,3)19-12(18)15-10(11(16)17)14-6-4-9(8-14)5-7-14/h9-10H,4-8H2,1-3H3,(H,15,18)(H,16,17). The molecule has 0 radical (unpaired) electrons. The van der Waals surface area contributed by atoms with Crippen molar-refractivity contribution >= 4 is 12.1 Å². The summed E-state index contributed by atoms with van der Waals surface area (Å²) < 4.78 is 5.17. The SMILES string of the molecule is CC(C)(C)OC(=O)NC(C(=O)O)C12CCC(CC1)C2. The van der Waals surface area contributed by atoms with Crippen LogP contribution >= 0.6 is 0 Å². The van der Waals surface area contributed by atoms with E-state index in [9.17, 15) is 14.7 Å². The lowest BCUT2D eigenvalue weighted by Gasteiger charge is -2.34. The van der Waals surface area contributed by atoms with Crippen molar-refractivity contribution in [2.45, 2.75) is 64.5 Å². The number of carboxylic acids is 1. The number of amides is 1. The van der Waals surface area contributed by atoms with Gasteiger partial charge in [-0.25, -0.2) is 9.59 Å². The van der Waals surface area contributed by atoms with Gasteiger partial charge >= 0.3 is 12.1 Å². The van der Waals surface area contributed by atoms with Crippen LogP contribution in [-0.4, -0.2) is 28.8 Å². The molecule has 108 valence electrons. The molecule has 2 bridgehead atoms. The number of carboxylic acid groups (broad SMARTS) is 1. The zero-order valence-corrected chi connectivity index (χ0v) is 11.9. The van der Waals surface area contributed by atoms with Gasteiger partial charge in [-0.2, -0.15) is 0 Å². The number of ether oxygens (including phenoxy) is 1. The van der Waals surface area contributed by atoms with E-state index in [1.807, 2.05) is 0 Å². The van der Waals surface area contributed by atoms with Crippen molar-refractivity contribution in [3.05, 3.63) is 0 Å². The van der Waals surface area contributed by atoms with Crippen molar-refractivity contribution in [3.63, 3.8) is 0 Å². The number of aliphatic carboxylic acids is 1. The first kappa shape index (κ1) is 14.2. The number of nitrogens with one attached hydrogen (secondary N) is 1. The molecule has 2 saturated carbocycles. The maximum atomic E-state index is 11.8. The van der Waals surface area contributed by atoms with Gasteiger partial charge in [0.25, 0.3) is 0 Å². The summed E-state index contributed by atoms with van der Waals surface area (Å²) in [5, 5.41) is 12.0. The van der Waals surface area contributed by atoms with Gasteiger partial charge in [0.15, 0.2) is 0 Å². The maximum Gasteiger partial charge on any atom is 0.408 e. The van der Waals surface area contributed by atoms with Gasteiger partial charge in [-0.3, -0.25) is 0 Å². The third-order valence-electron chi connectivity index (χ3n) is 4.32. The molecule has 0 aromatic rings. The first-order valence-corrected chi connectivity index (χ1v) is 6.94. The van der Waals surface area contributed by atoms with E-state index in [0.29, 0.717) is 5.92 Å². The molecular formula is C14H23NO4. The molecule has 19 heavy (non-hydrogen) atoms. The normalized spacial score (nSPS) is 31.0. The molecule has 0 aromatic carbocycles. The quantitative estimate of drug-likeness (QED) is 0.825. The van der Waals surface area contributed by atoms with E-state index in [0.717, 1.165) is 32.1 Å². The summed E-state index contributed by atoms with van der Waals surface area (Å²) >= 11 is 0. The summed E-state index contributed by atoms with van der Waals surface area (Å²) in [6.45, 7) is 5.30. The van der Waals surface area contributed by atoms with E-state index in [1.165, 1.54) is 0 Å². The minimum Gasteiger partial charge on any atom is -0.480 e. The third-order valence-corrected chi connectivity index (χ3v) is 4.32. The van der Waals surface area contributed by atoms with Gasteiger partial charge in [0.1, 0.15) is 11.6 Å². The summed E-state index contributed by atoms with van der Waals surface area (Å²) in [5.41, 5.74) is -0.869. The zero-order valence-electron chi connectivity index (χ0n) is 11.9. The fraction of sp³-hybridized carbons (Fsp3) is 0.857. The van der Waals surface area contributed by atoms with Crippen molar-refractivity contribution in [3.8, 4) is 0 Å². The minimum atomic E-state index is -0.951. The number of hydrogen-bond donors (Lipinski definition) is 2. The van der Waals surface area contributed by atoms with Crippen LogP contribution in [0.25, 0.3) is 0 Å². The average molecular weight is 269 g/mol. The van der Waals surface area contributed by atoms with Crippen molar-refractivity contribution in [2.24, 2.45) is 11.3 Å². The monoisotopic (exact) mass is 269 g/mol. The molecule has 2 aliphatic carbocycles. The molecular weight excluding hydrogens is 246 g/mol. The predicted octanol–water partition coefficient (Wildman–Crippen LogP) is 2.54. The summed E-state index contributed by atoms with van der Waals surface area (Å²) in [4.78, 5) is 23.3. The van der Waals surface area contributed by atoms with E-state index < -0.39 is 23.7 Å². The molecule has 0 aromatic heterocycles. The molecule has 2 aliphatic rings. The fourth-order valence-electron chi connectivity index (χ4n) is 3.54. The molecule has 5 nitrogen and oxygen atoms in total. The maximum absolute atomic E-state index is 11.8. The number of rotatable bonds is 3. The van der Waals surface area contributed by atoms with Crippen LogP contribution in [0.4, 0.5) is 4.79 Å². The van der Waals surface area contributed by atoms with Gasteiger partial charge in [0.05, 0.1) is 0 Å². The second-order valence-corrected chi connectivity index (χ2v) is 6.93. The van der Waals surface area contributed by atoms with Crippen molar-refractivity contribution in [1.82, 2.24) is 5.32 Å². The van der Waals surface area contributed by atoms with E-state index in [2.05, 4.69) is 5.32 Å². The highest BCUT2D eigenvalue weighted by atomic mass is 16.6. The van der Waals surface area contributed by atoms with Crippen LogP contribution in [0.1, 0.15) is 52.9 Å². The van der Waals surface area contributed by atoms with Crippen LogP contribution in [0.2, 0.25) is 0 Å². The Hall–Kier alpha value is -1.26. The van der Waals surface area contributed by atoms with Crippen LogP contribution in [0.15, 0.2) is 0 Å². The Balaban J connectivity index is 2.05. The highest BCUT2D eigenvalue weighted by Crippen LogP contribution is 2.56. The highest BCUT2D eigenvalue weighted by Gasteiger charge is 2.53. The lowest BCUT2D eigenvalue weighted by Crippen LogP contribution is -2.52. The second kappa shape index (κ2) is 4.69. The Labute approximate surface area is 113 Å². The Morgan fingerprint density at radius 2 is 1.89 bits per heavy atom. The minimum absolute atomic E-state index is 0.257. The van der Waals surface area contributed by atoms with Gasteiger partial charge in [0, 0.05) is 5.41 Å². The Bertz CT molecular complexity index is 377. The first-order valence-electron chi connectivity index (χ1n) is 6.94. The Morgan fingerprint density at radius 3 is 2.26 bits per heavy atom. The van der Waals surface area contributed by atoms with Crippen LogP contribution in [0, 0.1) is 11.3 Å². The van der Waals surface area contributed by atoms with Crippen molar-refractivity contribution < 1.29 is 19.4 Å². The molecule has 0 heterocycles. The van der Waals surface area contributed by atoms with Crippen LogP contribution in [-0.2, 0) is 9.53 Å². The lowest BCUT2D eigenvalue weighted by molar-refractivity contribution is -0.143. The van der Waals surface area contributed by atoms with Crippen LogP contribution in [0.3, 0.4) is 0 Å². The topological polar surface area (TPSA) is 75.6 Å². The molecule has 2 rings (SSSR count). The fourth-order valence-corrected chi connectivity index (χ4v) is 3.54. The van der Waals surface area contributed by atoms with E-state index in [-0.39, 0.29) is 5.41 Å². The molecule has 0 spiro atoms. The average Bonchev–Trinajstić information content (AvgIpc) is 2.83. The van der Waals surface area contributed by atoms with Gasteiger partial charge in [-0.1, -0.05) is 0 Å². The number of carbonyl (C=O) groups excluding carboxylic acids is 1. The molecule has 2 N–H and O–H groups in total. The van der Waals surface area contributed by atoms with Gasteiger partial charge in [-0.05, 0) is 58.8 Å². The Kier molecular flexibility index (Phi) is 3.49. The number of hydrogen-bond acceptors (Lipinski definition) is 3. The second-order valence-electron chi connectivity index (χ2n) is 6.93.